The van der Waals surface area contributed by atoms with Gasteiger partial charge in [-0.05, 0) is 54.4 Å². The third-order valence-electron chi connectivity index (χ3n) is 5.80. The van der Waals surface area contributed by atoms with E-state index in [0.717, 1.165) is 16.5 Å². The van der Waals surface area contributed by atoms with Crippen LogP contribution in [0.2, 0.25) is 10.0 Å². The van der Waals surface area contributed by atoms with E-state index in [2.05, 4.69) is 21.0 Å². The summed E-state index contributed by atoms with van der Waals surface area (Å²) in [7, 11) is 1.57. The van der Waals surface area contributed by atoms with E-state index < -0.39 is 0 Å². The number of benzene rings is 3. The highest BCUT2D eigenvalue weighted by atomic mass is 79.9. The Balaban J connectivity index is 1.76. The lowest BCUT2D eigenvalue weighted by Crippen LogP contribution is -2.23. The van der Waals surface area contributed by atoms with Gasteiger partial charge in [0.25, 0.3) is 5.56 Å². The Morgan fingerprint density at radius 1 is 1.14 bits per heavy atom. The van der Waals surface area contributed by atoms with E-state index in [9.17, 15) is 4.79 Å². The molecule has 0 aliphatic heterocycles. The summed E-state index contributed by atoms with van der Waals surface area (Å²) in [5.41, 5.74) is 1.88. The van der Waals surface area contributed by atoms with E-state index in [1.807, 2.05) is 44.2 Å². The highest BCUT2D eigenvalue weighted by Crippen LogP contribution is 2.32. The number of aromatic nitrogens is 2. The smallest absolute Gasteiger partial charge is 0.282 e. The molecule has 0 unspecified atom stereocenters. The third kappa shape index (κ3) is 5.59. The van der Waals surface area contributed by atoms with Gasteiger partial charge in [0.1, 0.15) is 12.4 Å². The molecular weight excluding hydrogens is 565 g/mol. The molecular formula is C27H24BrCl2N3O3. The summed E-state index contributed by atoms with van der Waals surface area (Å²) in [6, 6.07) is 16.3. The molecule has 0 amide bonds. The number of para-hydroxylation sites is 1. The van der Waals surface area contributed by atoms with Crippen molar-refractivity contribution in [3.63, 3.8) is 0 Å². The molecule has 0 aliphatic carbocycles. The van der Waals surface area contributed by atoms with Gasteiger partial charge in [-0.3, -0.25) is 4.79 Å². The second-order valence-corrected chi connectivity index (χ2v) is 9.95. The van der Waals surface area contributed by atoms with E-state index in [-0.39, 0.29) is 18.1 Å². The predicted molar refractivity (Wildman–Crippen MR) is 149 cm³/mol. The summed E-state index contributed by atoms with van der Waals surface area (Å²) in [4.78, 5) is 18.2. The number of rotatable bonds is 8. The minimum atomic E-state index is -0.242. The maximum Gasteiger partial charge on any atom is 0.282 e. The molecule has 0 N–H and O–H groups in total. The molecule has 0 saturated carbocycles. The molecule has 6 nitrogen and oxygen atoms in total. The molecule has 0 bridgehead atoms. The first-order chi connectivity index (χ1) is 17.3. The average molecular weight is 589 g/mol. The first-order valence-corrected chi connectivity index (χ1v) is 12.9. The number of hydrogen-bond donors (Lipinski definition) is 0. The van der Waals surface area contributed by atoms with Gasteiger partial charge in [-0.25, -0.2) is 4.98 Å². The van der Waals surface area contributed by atoms with Crippen molar-refractivity contribution in [3.8, 4) is 11.5 Å². The summed E-state index contributed by atoms with van der Waals surface area (Å²) in [6.45, 7) is 4.31. The highest BCUT2D eigenvalue weighted by molar-refractivity contribution is 9.10. The lowest BCUT2D eigenvalue weighted by Gasteiger charge is -2.15. The van der Waals surface area contributed by atoms with E-state index in [1.165, 1.54) is 4.68 Å². The zero-order valence-corrected chi connectivity index (χ0v) is 23.1. The number of hydrogen-bond acceptors (Lipinski definition) is 5. The van der Waals surface area contributed by atoms with Crippen LogP contribution >= 0.6 is 39.1 Å². The quantitative estimate of drug-likeness (QED) is 0.200. The van der Waals surface area contributed by atoms with E-state index in [4.69, 9.17) is 37.7 Å². The SMILES string of the molecule is CC[C@H](C)c1nc2ccc(Br)cc2c(=O)n1N=Cc1cccc(OC)c1OCc1ccc(Cl)c(Cl)c1. The Kier molecular flexibility index (Phi) is 8.34. The van der Waals surface area contributed by atoms with Gasteiger partial charge in [-0.15, -0.1) is 0 Å². The number of ether oxygens (including phenoxy) is 2. The lowest BCUT2D eigenvalue weighted by atomic mass is 10.1. The van der Waals surface area contributed by atoms with Gasteiger partial charge < -0.3 is 9.47 Å². The van der Waals surface area contributed by atoms with Crippen molar-refractivity contribution in [1.82, 2.24) is 9.66 Å². The fourth-order valence-electron chi connectivity index (χ4n) is 3.63. The Labute approximate surface area is 227 Å². The van der Waals surface area contributed by atoms with Crippen molar-refractivity contribution < 1.29 is 9.47 Å². The molecule has 4 aromatic rings. The second-order valence-electron chi connectivity index (χ2n) is 8.22. The summed E-state index contributed by atoms with van der Waals surface area (Å²) >= 11 is 15.6. The minimum Gasteiger partial charge on any atom is -0.493 e. The summed E-state index contributed by atoms with van der Waals surface area (Å²) in [6.07, 6.45) is 2.40. The zero-order valence-electron chi connectivity index (χ0n) is 20.0. The van der Waals surface area contributed by atoms with Crippen LogP contribution in [0, 0.1) is 0 Å². The molecule has 9 heteroatoms. The molecule has 36 heavy (non-hydrogen) atoms. The number of nitrogens with zero attached hydrogens (tertiary/aromatic N) is 3. The summed E-state index contributed by atoms with van der Waals surface area (Å²) < 4.78 is 13.8. The van der Waals surface area contributed by atoms with Crippen LogP contribution in [0.4, 0.5) is 0 Å². The second kappa shape index (κ2) is 11.5. The normalized spacial score (nSPS) is 12.3. The van der Waals surface area contributed by atoms with Crippen LogP contribution in [0.5, 0.6) is 11.5 Å². The van der Waals surface area contributed by atoms with Crippen LogP contribution in [0.25, 0.3) is 10.9 Å². The molecule has 1 aromatic heterocycles. The Bertz CT molecular complexity index is 1500. The summed E-state index contributed by atoms with van der Waals surface area (Å²) in [5, 5.41) is 5.98. The third-order valence-corrected chi connectivity index (χ3v) is 7.03. The highest BCUT2D eigenvalue weighted by Gasteiger charge is 2.16. The van der Waals surface area contributed by atoms with Gasteiger partial charge in [-0.1, -0.05) is 65.1 Å². The van der Waals surface area contributed by atoms with Crippen molar-refractivity contribution in [1.29, 1.82) is 0 Å². The minimum absolute atomic E-state index is 0.0265. The van der Waals surface area contributed by atoms with Gasteiger partial charge in [0, 0.05) is 16.0 Å². The van der Waals surface area contributed by atoms with E-state index in [0.29, 0.717) is 43.8 Å². The molecule has 1 atom stereocenters. The van der Waals surface area contributed by atoms with Crippen LogP contribution < -0.4 is 15.0 Å². The van der Waals surface area contributed by atoms with E-state index >= 15 is 0 Å². The molecule has 0 fully saturated rings. The van der Waals surface area contributed by atoms with Gasteiger partial charge in [-0.2, -0.15) is 9.78 Å². The number of methoxy groups -OCH3 is 1. The van der Waals surface area contributed by atoms with Crippen LogP contribution in [0.15, 0.2) is 69.0 Å². The van der Waals surface area contributed by atoms with Gasteiger partial charge in [0.2, 0.25) is 0 Å². The largest absolute Gasteiger partial charge is 0.493 e. The number of halogens is 3. The molecule has 0 aliphatic rings. The topological polar surface area (TPSA) is 65.7 Å². The average Bonchev–Trinajstić information content (AvgIpc) is 2.88. The van der Waals surface area contributed by atoms with Crippen molar-refractivity contribution in [2.75, 3.05) is 7.11 Å². The van der Waals surface area contributed by atoms with Crippen LogP contribution in [0.1, 0.15) is 43.1 Å². The van der Waals surface area contributed by atoms with Crippen molar-refractivity contribution in [2.45, 2.75) is 32.8 Å². The lowest BCUT2D eigenvalue weighted by molar-refractivity contribution is 0.284. The van der Waals surface area contributed by atoms with Crippen molar-refractivity contribution in [3.05, 3.63) is 96.4 Å². The summed E-state index contributed by atoms with van der Waals surface area (Å²) in [5.74, 6) is 1.65. The zero-order chi connectivity index (χ0) is 25.8. The van der Waals surface area contributed by atoms with Crippen molar-refractivity contribution >= 4 is 56.2 Å². The first-order valence-electron chi connectivity index (χ1n) is 11.3. The van der Waals surface area contributed by atoms with Gasteiger partial charge >= 0.3 is 0 Å². The number of fused-ring (bicyclic) bond motifs is 1. The molecule has 1 heterocycles. The maximum absolute atomic E-state index is 13.4. The maximum atomic E-state index is 13.4. The fourth-order valence-corrected chi connectivity index (χ4v) is 4.32. The molecule has 0 spiro atoms. The first kappa shape index (κ1) is 26.2. The standard InChI is InChI=1S/C27H24BrCl2N3O3/c1-4-16(2)26-32-23-11-9-19(28)13-20(23)27(34)33(26)31-14-18-6-5-7-24(35-3)25(18)36-15-17-8-10-21(29)22(30)12-17/h5-14,16H,4,15H2,1-3H3/t16-/m0/s1. The molecule has 0 radical (unpaired) electrons. The monoisotopic (exact) mass is 587 g/mol. The molecule has 4 rings (SSSR count). The Morgan fingerprint density at radius 3 is 2.67 bits per heavy atom. The molecule has 3 aromatic carbocycles. The predicted octanol–water partition coefficient (Wildman–Crippen LogP) is 7.45. The van der Waals surface area contributed by atoms with Crippen LogP contribution in [-0.4, -0.2) is 23.0 Å². The van der Waals surface area contributed by atoms with Crippen LogP contribution in [-0.2, 0) is 6.61 Å². The van der Waals surface area contributed by atoms with Gasteiger partial charge in [0.15, 0.2) is 11.5 Å². The van der Waals surface area contributed by atoms with Gasteiger partial charge in [0.05, 0.1) is 34.3 Å². The molecule has 186 valence electrons. The Hall–Kier alpha value is -2.87. The van der Waals surface area contributed by atoms with Crippen LogP contribution in [0.3, 0.4) is 0 Å². The fraction of sp³-hybridized carbons (Fsp3) is 0.222. The van der Waals surface area contributed by atoms with E-state index in [1.54, 1.807) is 37.6 Å². The Morgan fingerprint density at radius 2 is 1.94 bits per heavy atom. The van der Waals surface area contributed by atoms with Crippen molar-refractivity contribution in [2.24, 2.45) is 5.10 Å². The molecule has 0 saturated heterocycles.